The highest BCUT2D eigenvalue weighted by atomic mass is 32.1. The Hall–Kier alpha value is -1.57. The smallest absolute Gasteiger partial charge is 0.231 e. The van der Waals surface area contributed by atoms with E-state index in [2.05, 4.69) is 34.7 Å². The van der Waals surface area contributed by atoms with Crippen LogP contribution in [0.1, 0.15) is 55.8 Å². The molecule has 0 spiro atoms. The molecule has 0 bridgehead atoms. The largest absolute Gasteiger partial charge is 0.379 e. The molecule has 1 amide bonds. The number of thiocarbonyl (C=S) groups is 1. The number of amides is 1. The number of hydrogen-bond donors (Lipinski definition) is 0. The van der Waals surface area contributed by atoms with Crippen LogP contribution in [0.15, 0.2) is 12.3 Å². The van der Waals surface area contributed by atoms with Gasteiger partial charge in [0.05, 0.1) is 23.1 Å². The zero-order chi connectivity index (χ0) is 23.9. The van der Waals surface area contributed by atoms with E-state index in [-0.39, 0.29) is 11.5 Å². The summed E-state index contributed by atoms with van der Waals surface area (Å²) in [5.74, 6) is 1.82. The molecule has 1 aromatic rings. The molecule has 4 heterocycles. The van der Waals surface area contributed by atoms with Crippen molar-refractivity contribution in [2.24, 2.45) is 23.2 Å². The molecule has 4 aliphatic rings. The van der Waals surface area contributed by atoms with E-state index in [1.165, 1.54) is 5.56 Å². The second kappa shape index (κ2) is 9.82. The Morgan fingerprint density at radius 2 is 2.24 bits per heavy atom. The lowest BCUT2D eigenvalue weighted by Gasteiger charge is -2.37. The van der Waals surface area contributed by atoms with Gasteiger partial charge in [-0.2, -0.15) is 0 Å². The van der Waals surface area contributed by atoms with Crippen LogP contribution in [-0.4, -0.2) is 71.7 Å². The maximum atomic E-state index is 14.3. The molecule has 1 aromatic heterocycles. The van der Waals surface area contributed by atoms with Crippen molar-refractivity contribution in [3.63, 3.8) is 0 Å². The van der Waals surface area contributed by atoms with Crippen molar-refractivity contribution in [3.8, 4) is 0 Å². The summed E-state index contributed by atoms with van der Waals surface area (Å²) in [6, 6.07) is 2.21. The maximum absolute atomic E-state index is 14.3. The molecule has 7 heteroatoms. The monoisotopic (exact) mass is 485 g/mol. The van der Waals surface area contributed by atoms with E-state index >= 15 is 0 Å². The normalized spacial score (nSPS) is 33.0. The molecule has 3 fully saturated rings. The fourth-order valence-electron chi connectivity index (χ4n) is 7.18. The van der Waals surface area contributed by atoms with Crippen LogP contribution in [0.2, 0.25) is 0 Å². The van der Waals surface area contributed by atoms with Crippen LogP contribution < -0.4 is 0 Å². The van der Waals surface area contributed by atoms with Crippen LogP contribution in [0.3, 0.4) is 0 Å². The average Bonchev–Trinajstić information content (AvgIpc) is 3.37. The van der Waals surface area contributed by atoms with Gasteiger partial charge in [-0.05, 0) is 67.9 Å². The van der Waals surface area contributed by atoms with Crippen molar-refractivity contribution in [2.75, 3.05) is 40.0 Å². The van der Waals surface area contributed by atoms with Crippen LogP contribution in [0.5, 0.6) is 0 Å². The number of rotatable bonds is 5. The highest BCUT2D eigenvalue weighted by Crippen LogP contribution is 2.54. The molecule has 1 saturated carbocycles. The number of hydrogen-bond acceptors (Lipinski definition) is 5. The minimum absolute atomic E-state index is 0.180. The third-order valence-electron chi connectivity index (χ3n) is 8.89. The highest BCUT2D eigenvalue weighted by Gasteiger charge is 2.59. The van der Waals surface area contributed by atoms with Gasteiger partial charge in [-0.15, -0.1) is 0 Å². The van der Waals surface area contributed by atoms with E-state index in [1.807, 2.05) is 6.20 Å². The second-order valence-corrected chi connectivity index (χ2v) is 11.5. The van der Waals surface area contributed by atoms with E-state index in [1.54, 1.807) is 7.11 Å². The number of likely N-dealkylation sites (tertiary alicyclic amines) is 1. The Bertz CT molecular complexity index is 940. The van der Waals surface area contributed by atoms with Gasteiger partial charge in [-0.1, -0.05) is 25.2 Å². The third-order valence-corrected chi connectivity index (χ3v) is 9.44. The molecule has 2 saturated heterocycles. The summed E-state index contributed by atoms with van der Waals surface area (Å²) in [6.07, 6.45) is 8.13. The summed E-state index contributed by atoms with van der Waals surface area (Å²) < 4.78 is 11.4. The molecule has 1 aliphatic carbocycles. The first-order valence-corrected chi connectivity index (χ1v) is 13.5. The number of aryl methyl sites for hydroxylation is 1. The first kappa shape index (κ1) is 24.1. The lowest BCUT2D eigenvalue weighted by atomic mass is 9.78. The van der Waals surface area contributed by atoms with Crippen LogP contribution in [0, 0.1) is 30.1 Å². The second-order valence-electron chi connectivity index (χ2n) is 11.0. The zero-order valence-corrected chi connectivity index (χ0v) is 21.7. The lowest BCUT2D eigenvalue weighted by molar-refractivity contribution is -0.144. The van der Waals surface area contributed by atoms with E-state index in [4.69, 9.17) is 21.7 Å². The minimum atomic E-state index is -0.313. The Morgan fingerprint density at radius 1 is 1.38 bits per heavy atom. The van der Waals surface area contributed by atoms with Crippen LogP contribution in [-0.2, 0) is 27.2 Å². The van der Waals surface area contributed by atoms with Crippen LogP contribution in [0.25, 0.3) is 0 Å². The van der Waals surface area contributed by atoms with Crippen molar-refractivity contribution < 1.29 is 14.3 Å². The minimum Gasteiger partial charge on any atom is -0.379 e. The molecule has 0 N–H and O–H groups in total. The average molecular weight is 486 g/mol. The fourth-order valence-corrected chi connectivity index (χ4v) is 7.32. The first-order valence-electron chi connectivity index (χ1n) is 13.1. The molecule has 0 aromatic carbocycles. The molecule has 2 unspecified atom stereocenters. The standard InChI is InChI=1S/C27H39N3O3S/c1-4-25(34)30-15-22-11-19(10-20-6-8-33-16-24(20)32-3)12-27(22,17-30)26(31)29-7-5-23-21(14-29)9-18(2)13-28-23/h9,13,19-20,22,24H,4-8,10-12,14-17H2,1-3H3/t19-,20?,22+,24?,27+/m1/s1. The van der Waals surface area contributed by atoms with Gasteiger partial charge in [0.1, 0.15) is 0 Å². The van der Waals surface area contributed by atoms with Gasteiger partial charge < -0.3 is 19.3 Å². The number of nitrogens with zero attached hydrogens (tertiary/aromatic N) is 3. The van der Waals surface area contributed by atoms with E-state index < -0.39 is 0 Å². The molecule has 186 valence electrons. The number of pyridine rings is 1. The summed E-state index contributed by atoms with van der Waals surface area (Å²) in [5, 5.41) is 0. The van der Waals surface area contributed by atoms with Gasteiger partial charge in [0.2, 0.25) is 5.91 Å². The van der Waals surface area contributed by atoms with E-state index in [0.29, 0.717) is 36.8 Å². The summed E-state index contributed by atoms with van der Waals surface area (Å²) in [5.41, 5.74) is 3.21. The Morgan fingerprint density at radius 3 is 3.03 bits per heavy atom. The van der Waals surface area contributed by atoms with Crippen molar-refractivity contribution >= 4 is 23.1 Å². The predicted octanol–water partition coefficient (Wildman–Crippen LogP) is 3.78. The molecule has 0 radical (unpaired) electrons. The van der Waals surface area contributed by atoms with E-state index in [9.17, 15) is 4.79 Å². The molecule has 5 atom stereocenters. The van der Waals surface area contributed by atoms with Crippen molar-refractivity contribution in [1.29, 1.82) is 0 Å². The number of aromatic nitrogens is 1. The Balaban J connectivity index is 1.36. The number of carbonyl (C=O) groups is 1. The molecule has 6 nitrogen and oxygen atoms in total. The topological polar surface area (TPSA) is 54.9 Å². The SMILES string of the molecule is CCC(=S)N1C[C@@H]2C[C@@H](CC3CCOCC3OC)C[C@]2(C(=O)N2CCc3ncc(C)cc3C2)C1. The van der Waals surface area contributed by atoms with Gasteiger partial charge in [-0.3, -0.25) is 9.78 Å². The Labute approximate surface area is 209 Å². The summed E-state index contributed by atoms with van der Waals surface area (Å²) in [6.45, 7) is 8.90. The number of fused-ring (bicyclic) bond motifs is 2. The number of methoxy groups -OCH3 is 1. The number of carbonyl (C=O) groups excluding carboxylic acids is 1. The molecule has 34 heavy (non-hydrogen) atoms. The first-order chi connectivity index (χ1) is 16.4. The van der Waals surface area contributed by atoms with E-state index in [0.717, 1.165) is 81.0 Å². The molecule has 3 aliphatic heterocycles. The van der Waals surface area contributed by atoms with Crippen LogP contribution in [0.4, 0.5) is 0 Å². The predicted molar refractivity (Wildman–Crippen MR) is 136 cm³/mol. The lowest BCUT2D eigenvalue weighted by Crippen LogP contribution is -2.49. The molecular formula is C27H39N3O3S. The third kappa shape index (κ3) is 4.40. The molecule has 5 rings (SSSR count). The van der Waals surface area contributed by atoms with Gasteiger partial charge in [0.15, 0.2) is 0 Å². The summed E-state index contributed by atoms with van der Waals surface area (Å²) in [7, 11) is 1.80. The maximum Gasteiger partial charge on any atom is 0.231 e. The van der Waals surface area contributed by atoms with Gasteiger partial charge >= 0.3 is 0 Å². The highest BCUT2D eigenvalue weighted by molar-refractivity contribution is 7.80. The Kier molecular flexibility index (Phi) is 6.97. The van der Waals surface area contributed by atoms with Crippen molar-refractivity contribution in [3.05, 3.63) is 29.1 Å². The zero-order valence-electron chi connectivity index (χ0n) is 20.9. The number of ether oxygens (including phenoxy) is 2. The fraction of sp³-hybridized carbons (Fsp3) is 0.741. The summed E-state index contributed by atoms with van der Waals surface area (Å²) >= 11 is 5.71. The van der Waals surface area contributed by atoms with Crippen LogP contribution >= 0.6 is 12.2 Å². The van der Waals surface area contributed by atoms with Gasteiger partial charge in [0.25, 0.3) is 0 Å². The van der Waals surface area contributed by atoms with Crippen molar-refractivity contribution in [1.82, 2.24) is 14.8 Å². The van der Waals surface area contributed by atoms with Gasteiger partial charge in [0, 0.05) is 58.2 Å². The van der Waals surface area contributed by atoms with Crippen molar-refractivity contribution in [2.45, 2.75) is 65.0 Å². The quantitative estimate of drug-likeness (QED) is 0.592. The van der Waals surface area contributed by atoms with Gasteiger partial charge in [-0.25, -0.2) is 0 Å². The summed E-state index contributed by atoms with van der Waals surface area (Å²) in [4.78, 5) is 24.4. The molecular weight excluding hydrogens is 446 g/mol.